The minimum atomic E-state index is -3.51. The van der Waals surface area contributed by atoms with E-state index in [-0.39, 0.29) is 17.7 Å². The Hall–Kier alpha value is -0.920. The Labute approximate surface area is 107 Å². The highest BCUT2D eigenvalue weighted by molar-refractivity contribution is 7.89. The number of H-pyrrole nitrogens is 1. The van der Waals surface area contributed by atoms with Crippen molar-refractivity contribution in [3.8, 4) is 0 Å². The van der Waals surface area contributed by atoms with Gasteiger partial charge >= 0.3 is 0 Å². The number of imidazole rings is 1. The first-order valence-electron chi connectivity index (χ1n) is 6.20. The topological polar surface area (TPSA) is 86.3 Å². The number of piperidine rings is 1. The fourth-order valence-corrected chi connectivity index (χ4v) is 4.07. The summed E-state index contributed by atoms with van der Waals surface area (Å²) in [6, 6.07) is -0.0997. The summed E-state index contributed by atoms with van der Waals surface area (Å²) in [7, 11) is -3.51. The molecule has 0 spiro atoms. The third-order valence-electron chi connectivity index (χ3n) is 3.30. The Kier molecular flexibility index (Phi) is 4.04. The molecule has 0 radical (unpaired) electrons. The number of sulfonamides is 1. The summed E-state index contributed by atoms with van der Waals surface area (Å²) < 4.78 is 26.4. The predicted molar refractivity (Wildman–Crippen MR) is 66.6 cm³/mol. The highest BCUT2D eigenvalue weighted by Gasteiger charge is 2.34. The monoisotopic (exact) mass is 273 g/mol. The van der Waals surface area contributed by atoms with Crippen LogP contribution in [0.15, 0.2) is 11.2 Å². The van der Waals surface area contributed by atoms with E-state index in [0.717, 1.165) is 19.3 Å². The quantitative estimate of drug-likeness (QED) is 0.843. The van der Waals surface area contributed by atoms with Gasteiger partial charge in [-0.05, 0) is 26.2 Å². The molecule has 1 aliphatic rings. The van der Waals surface area contributed by atoms with Gasteiger partial charge in [-0.2, -0.15) is 4.31 Å². The predicted octanol–water partition coefficient (Wildman–Crippen LogP) is 0.644. The number of aromatic nitrogens is 2. The van der Waals surface area contributed by atoms with Gasteiger partial charge in [0.25, 0.3) is 10.0 Å². The average Bonchev–Trinajstić information content (AvgIpc) is 2.78. The second-order valence-electron chi connectivity index (χ2n) is 4.61. The zero-order valence-electron chi connectivity index (χ0n) is 10.5. The van der Waals surface area contributed by atoms with Crippen molar-refractivity contribution < 1.29 is 13.5 Å². The van der Waals surface area contributed by atoms with E-state index in [4.69, 9.17) is 5.11 Å². The molecule has 0 bridgehead atoms. The Balaban J connectivity index is 2.27. The van der Waals surface area contributed by atoms with Gasteiger partial charge in [-0.25, -0.2) is 13.4 Å². The maximum atomic E-state index is 12.5. The number of aromatic amines is 1. The molecule has 18 heavy (non-hydrogen) atoms. The van der Waals surface area contributed by atoms with Gasteiger partial charge in [0.05, 0.1) is 6.20 Å². The van der Waals surface area contributed by atoms with E-state index >= 15 is 0 Å². The Morgan fingerprint density at radius 1 is 1.56 bits per heavy atom. The lowest BCUT2D eigenvalue weighted by atomic mass is 10.0. The molecule has 0 aromatic carbocycles. The number of hydrogen-bond acceptors (Lipinski definition) is 4. The van der Waals surface area contributed by atoms with Gasteiger partial charge in [0, 0.05) is 19.2 Å². The van der Waals surface area contributed by atoms with E-state index in [1.807, 2.05) is 0 Å². The van der Waals surface area contributed by atoms with Crippen molar-refractivity contribution in [1.82, 2.24) is 14.3 Å². The Morgan fingerprint density at radius 3 is 2.94 bits per heavy atom. The maximum Gasteiger partial charge on any atom is 0.260 e. The van der Waals surface area contributed by atoms with Gasteiger partial charge in [0.15, 0.2) is 5.03 Å². The van der Waals surface area contributed by atoms with E-state index in [9.17, 15) is 8.42 Å². The van der Waals surface area contributed by atoms with Crippen LogP contribution in [0.1, 0.15) is 31.5 Å². The zero-order chi connectivity index (χ0) is 13.2. The average molecular weight is 273 g/mol. The van der Waals surface area contributed by atoms with E-state index in [1.165, 1.54) is 10.5 Å². The molecule has 1 aliphatic heterocycles. The molecular formula is C11H19N3O3S. The number of aryl methyl sites for hydroxylation is 1. The molecule has 1 saturated heterocycles. The van der Waals surface area contributed by atoms with Crippen molar-refractivity contribution in [3.63, 3.8) is 0 Å². The van der Waals surface area contributed by atoms with Gasteiger partial charge in [0.1, 0.15) is 5.82 Å². The molecular weight excluding hydrogens is 254 g/mol. The van der Waals surface area contributed by atoms with Gasteiger partial charge < -0.3 is 10.1 Å². The molecule has 2 heterocycles. The SMILES string of the molecule is Cc1ncc(S(=O)(=O)N2CCCCC2CCO)[nH]1. The van der Waals surface area contributed by atoms with E-state index in [0.29, 0.717) is 18.8 Å². The summed E-state index contributed by atoms with van der Waals surface area (Å²) in [6.45, 7) is 2.25. The van der Waals surface area contributed by atoms with E-state index < -0.39 is 10.0 Å². The molecule has 0 saturated carbocycles. The highest BCUT2D eigenvalue weighted by atomic mass is 32.2. The Morgan fingerprint density at radius 2 is 2.33 bits per heavy atom. The van der Waals surface area contributed by atoms with Crippen LogP contribution in [0.4, 0.5) is 0 Å². The molecule has 1 aromatic rings. The van der Waals surface area contributed by atoms with Crippen molar-refractivity contribution in [2.24, 2.45) is 0 Å². The third kappa shape index (κ3) is 2.57. The smallest absolute Gasteiger partial charge is 0.260 e. The van der Waals surface area contributed by atoms with Gasteiger partial charge in [-0.1, -0.05) is 6.42 Å². The van der Waals surface area contributed by atoms with Crippen LogP contribution < -0.4 is 0 Å². The van der Waals surface area contributed by atoms with Crippen molar-refractivity contribution in [3.05, 3.63) is 12.0 Å². The second kappa shape index (κ2) is 5.38. The number of aliphatic hydroxyl groups is 1. The molecule has 1 unspecified atom stereocenters. The molecule has 0 aliphatic carbocycles. The normalized spacial score (nSPS) is 22.2. The molecule has 1 aromatic heterocycles. The van der Waals surface area contributed by atoms with Crippen LogP contribution >= 0.6 is 0 Å². The van der Waals surface area contributed by atoms with E-state index in [1.54, 1.807) is 6.92 Å². The fraction of sp³-hybridized carbons (Fsp3) is 0.727. The number of nitrogens with one attached hydrogen (secondary N) is 1. The van der Waals surface area contributed by atoms with E-state index in [2.05, 4.69) is 9.97 Å². The first-order chi connectivity index (χ1) is 8.55. The van der Waals surface area contributed by atoms with Crippen molar-refractivity contribution in [2.45, 2.75) is 43.7 Å². The van der Waals surface area contributed by atoms with Crippen LogP contribution in [0, 0.1) is 6.92 Å². The summed E-state index contributed by atoms with van der Waals surface area (Å²) in [6.07, 6.45) is 4.54. The molecule has 0 amide bonds. The van der Waals surface area contributed by atoms with Gasteiger partial charge in [-0.3, -0.25) is 0 Å². The summed E-state index contributed by atoms with van der Waals surface area (Å²) in [5.74, 6) is 0.587. The van der Waals surface area contributed by atoms with Crippen LogP contribution in [0.25, 0.3) is 0 Å². The van der Waals surface area contributed by atoms with Crippen LogP contribution in [-0.4, -0.2) is 47.0 Å². The lowest BCUT2D eigenvalue weighted by Gasteiger charge is -2.33. The van der Waals surface area contributed by atoms with Crippen molar-refractivity contribution in [1.29, 1.82) is 0 Å². The van der Waals surface area contributed by atoms with Crippen LogP contribution in [0.5, 0.6) is 0 Å². The first-order valence-corrected chi connectivity index (χ1v) is 7.64. The maximum absolute atomic E-state index is 12.5. The largest absolute Gasteiger partial charge is 0.396 e. The van der Waals surface area contributed by atoms with Crippen molar-refractivity contribution >= 4 is 10.0 Å². The molecule has 1 atom stereocenters. The van der Waals surface area contributed by atoms with Crippen molar-refractivity contribution in [2.75, 3.05) is 13.2 Å². The third-order valence-corrected chi connectivity index (χ3v) is 5.16. The highest BCUT2D eigenvalue weighted by Crippen LogP contribution is 2.26. The van der Waals surface area contributed by atoms with Crippen LogP contribution in [0.3, 0.4) is 0 Å². The lowest BCUT2D eigenvalue weighted by Crippen LogP contribution is -2.44. The number of aliphatic hydroxyl groups excluding tert-OH is 1. The lowest BCUT2D eigenvalue weighted by molar-refractivity contribution is 0.192. The molecule has 102 valence electrons. The molecule has 2 N–H and O–H groups in total. The van der Waals surface area contributed by atoms with Crippen LogP contribution in [-0.2, 0) is 10.0 Å². The fourth-order valence-electron chi connectivity index (χ4n) is 2.38. The molecule has 1 fully saturated rings. The summed E-state index contributed by atoms with van der Waals surface area (Å²) >= 11 is 0. The summed E-state index contributed by atoms with van der Waals surface area (Å²) in [4.78, 5) is 6.71. The second-order valence-corrected chi connectivity index (χ2v) is 6.47. The number of nitrogens with zero attached hydrogens (tertiary/aromatic N) is 2. The Bertz CT molecular complexity index is 495. The summed E-state index contributed by atoms with van der Waals surface area (Å²) in [5, 5.41) is 9.18. The standard InChI is InChI=1S/C11H19N3O3S/c1-9-12-8-11(13-9)18(16,17)14-6-3-2-4-10(14)5-7-15/h8,10,15H,2-7H2,1H3,(H,12,13). The minimum absolute atomic E-state index is 0.0126. The van der Waals surface area contributed by atoms with Crippen LogP contribution in [0.2, 0.25) is 0 Å². The van der Waals surface area contributed by atoms with Gasteiger partial charge in [-0.15, -0.1) is 0 Å². The first kappa shape index (κ1) is 13.5. The molecule has 6 nitrogen and oxygen atoms in total. The number of hydrogen-bond donors (Lipinski definition) is 2. The van der Waals surface area contributed by atoms with Gasteiger partial charge in [0.2, 0.25) is 0 Å². The number of rotatable bonds is 4. The zero-order valence-corrected chi connectivity index (χ0v) is 11.3. The summed E-state index contributed by atoms with van der Waals surface area (Å²) in [5.41, 5.74) is 0. The molecule has 2 rings (SSSR count). The molecule has 7 heteroatoms. The minimum Gasteiger partial charge on any atom is -0.396 e.